The fourth-order valence-electron chi connectivity index (χ4n) is 3.97. The van der Waals surface area contributed by atoms with Gasteiger partial charge in [-0.3, -0.25) is 10.1 Å². The Hall–Kier alpha value is -3.75. The summed E-state index contributed by atoms with van der Waals surface area (Å²) in [5, 5.41) is 7.99. The Morgan fingerprint density at radius 1 is 1.06 bits per heavy atom. The van der Waals surface area contributed by atoms with Gasteiger partial charge < -0.3 is 15.0 Å². The molecule has 1 heterocycles. The molecule has 0 aliphatic rings. The van der Waals surface area contributed by atoms with E-state index in [0.717, 1.165) is 48.9 Å². The van der Waals surface area contributed by atoms with E-state index >= 15 is 0 Å². The molecule has 6 nitrogen and oxygen atoms in total. The van der Waals surface area contributed by atoms with Crippen molar-refractivity contribution in [2.24, 2.45) is 0 Å². The molecule has 0 saturated carbocycles. The third-order valence-electron chi connectivity index (χ3n) is 5.77. The number of carbonyl (C=O) groups is 1. The van der Waals surface area contributed by atoms with Crippen LogP contribution in [0.2, 0.25) is 0 Å². The first-order valence-corrected chi connectivity index (χ1v) is 12.1. The second kappa shape index (κ2) is 9.48. The van der Waals surface area contributed by atoms with Gasteiger partial charge in [0.15, 0.2) is 5.11 Å². The van der Waals surface area contributed by atoms with Crippen molar-refractivity contribution in [1.82, 2.24) is 15.3 Å². The molecule has 5 rings (SSSR count). The summed E-state index contributed by atoms with van der Waals surface area (Å²) < 4.78 is 6.25. The van der Waals surface area contributed by atoms with Gasteiger partial charge in [-0.05, 0) is 75.7 Å². The van der Waals surface area contributed by atoms with Crippen molar-refractivity contribution >= 4 is 66.7 Å². The van der Waals surface area contributed by atoms with Crippen molar-refractivity contribution in [2.45, 2.75) is 6.92 Å². The van der Waals surface area contributed by atoms with Crippen molar-refractivity contribution < 1.29 is 9.53 Å². The lowest BCUT2D eigenvalue weighted by molar-refractivity contribution is 0.0975. The molecule has 0 spiro atoms. The van der Waals surface area contributed by atoms with Crippen LogP contribution in [-0.4, -0.2) is 28.1 Å². The number of aromatic amines is 1. The van der Waals surface area contributed by atoms with E-state index < -0.39 is 0 Å². The van der Waals surface area contributed by atoms with Gasteiger partial charge in [0, 0.05) is 11.3 Å². The summed E-state index contributed by atoms with van der Waals surface area (Å²) in [4.78, 5) is 21.1. The Kier molecular flexibility index (Phi) is 6.23. The maximum Gasteiger partial charge on any atom is 0.261 e. The summed E-state index contributed by atoms with van der Waals surface area (Å²) in [6, 6.07) is 23.4. The topological polar surface area (TPSA) is 79.0 Å². The van der Waals surface area contributed by atoms with E-state index in [1.807, 2.05) is 73.7 Å². The number of rotatable bonds is 4. The standard InChI is InChI=1S/C27H21BrN4O2S/c1-15-11-12-17(25-29-20-9-5-6-10-21(20)30-25)14-22(15)31-27(35)32-26(33)19-13-16-7-3-4-8-18(16)23(28)24(19)34-2/h3-14H,1-2H3,(H,29,30)(H2,31,32,33,35). The van der Waals surface area contributed by atoms with Crippen molar-refractivity contribution in [3.8, 4) is 17.1 Å². The highest BCUT2D eigenvalue weighted by atomic mass is 79.9. The molecule has 0 unspecified atom stereocenters. The number of ether oxygens (including phenoxy) is 1. The molecule has 0 saturated heterocycles. The summed E-state index contributed by atoms with van der Waals surface area (Å²) in [7, 11) is 1.54. The maximum absolute atomic E-state index is 13.1. The number of para-hydroxylation sites is 2. The highest BCUT2D eigenvalue weighted by molar-refractivity contribution is 9.10. The van der Waals surface area contributed by atoms with Crippen LogP contribution in [0.5, 0.6) is 5.75 Å². The molecule has 0 aliphatic carbocycles. The molecular formula is C27H21BrN4O2S. The third kappa shape index (κ3) is 4.50. The summed E-state index contributed by atoms with van der Waals surface area (Å²) in [6.07, 6.45) is 0. The Morgan fingerprint density at radius 3 is 2.63 bits per heavy atom. The van der Waals surface area contributed by atoms with Crippen LogP contribution in [0.15, 0.2) is 77.3 Å². The van der Waals surface area contributed by atoms with Crippen LogP contribution in [-0.2, 0) is 0 Å². The number of carbonyl (C=O) groups excluding carboxylic acids is 1. The van der Waals surface area contributed by atoms with Gasteiger partial charge >= 0.3 is 0 Å². The van der Waals surface area contributed by atoms with Gasteiger partial charge in [-0.2, -0.15) is 0 Å². The van der Waals surface area contributed by atoms with E-state index in [0.29, 0.717) is 11.3 Å². The first-order valence-electron chi connectivity index (χ1n) is 10.9. The van der Waals surface area contributed by atoms with Crippen LogP contribution < -0.4 is 15.4 Å². The number of nitrogens with zero attached hydrogens (tertiary/aromatic N) is 1. The number of amides is 1. The van der Waals surface area contributed by atoms with E-state index in [-0.39, 0.29) is 11.0 Å². The highest BCUT2D eigenvalue weighted by Crippen LogP contribution is 2.36. The van der Waals surface area contributed by atoms with E-state index in [1.165, 1.54) is 7.11 Å². The number of thiocarbonyl (C=S) groups is 1. The largest absolute Gasteiger partial charge is 0.495 e. The number of benzene rings is 4. The summed E-state index contributed by atoms with van der Waals surface area (Å²) in [6.45, 7) is 1.97. The summed E-state index contributed by atoms with van der Waals surface area (Å²) >= 11 is 9.04. The van der Waals surface area contributed by atoms with Gasteiger partial charge in [0.05, 0.1) is 28.2 Å². The van der Waals surface area contributed by atoms with Gasteiger partial charge in [0.2, 0.25) is 0 Å². The molecule has 8 heteroatoms. The van der Waals surface area contributed by atoms with Gasteiger partial charge in [-0.1, -0.05) is 48.5 Å². The van der Waals surface area contributed by atoms with E-state index in [4.69, 9.17) is 17.0 Å². The van der Waals surface area contributed by atoms with Gasteiger partial charge in [-0.15, -0.1) is 0 Å². The first kappa shape index (κ1) is 23.0. The Morgan fingerprint density at radius 2 is 1.83 bits per heavy atom. The Labute approximate surface area is 215 Å². The van der Waals surface area contributed by atoms with Crippen molar-refractivity contribution in [3.05, 3.63) is 88.4 Å². The first-order chi connectivity index (χ1) is 16.9. The number of anilines is 1. The van der Waals surface area contributed by atoms with Crippen LogP contribution in [0, 0.1) is 6.92 Å². The Bertz CT molecular complexity index is 1580. The molecule has 0 bridgehead atoms. The molecule has 174 valence electrons. The summed E-state index contributed by atoms with van der Waals surface area (Å²) in [5.41, 5.74) is 4.91. The average molecular weight is 545 g/mol. The number of aryl methyl sites for hydroxylation is 1. The molecule has 35 heavy (non-hydrogen) atoms. The fourth-order valence-corrected chi connectivity index (χ4v) is 4.91. The lowest BCUT2D eigenvalue weighted by atomic mass is 10.1. The number of halogens is 1. The zero-order chi connectivity index (χ0) is 24.5. The quantitative estimate of drug-likeness (QED) is 0.222. The molecule has 5 aromatic rings. The fraction of sp³-hybridized carbons (Fsp3) is 0.0741. The van der Waals surface area contributed by atoms with Gasteiger partial charge in [0.25, 0.3) is 5.91 Å². The number of H-pyrrole nitrogens is 1. The van der Waals surface area contributed by atoms with E-state index in [2.05, 4.69) is 36.5 Å². The SMILES string of the molecule is COc1c(C(=O)NC(=S)Nc2cc(-c3nc4ccccc4[nH]3)ccc2C)cc2ccccc2c1Br. The predicted molar refractivity (Wildman–Crippen MR) is 148 cm³/mol. The van der Waals surface area contributed by atoms with Crippen LogP contribution >= 0.6 is 28.1 Å². The normalized spacial score (nSPS) is 10.9. The predicted octanol–water partition coefficient (Wildman–Crippen LogP) is 6.59. The molecule has 0 fully saturated rings. The lowest BCUT2D eigenvalue weighted by Crippen LogP contribution is -2.34. The second-order valence-electron chi connectivity index (χ2n) is 8.03. The number of nitrogens with one attached hydrogen (secondary N) is 3. The molecule has 0 atom stereocenters. The molecular weight excluding hydrogens is 524 g/mol. The number of fused-ring (bicyclic) bond motifs is 2. The number of imidazole rings is 1. The zero-order valence-corrected chi connectivity index (χ0v) is 21.4. The molecule has 1 amide bonds. The minimum atomic E-state index is -0.364. The van der Waals surface area contributed by atoms with Gasteiger partial charge in [-0.25, -0.2) is 4.98 Å². The third-order valence-corrected chi connectivity index (χ3v) is 6.76. The monoisotopic (exact) mass is 544 g/mol. The van der Waals surface area contributed by atoms with Crippen LogP contribution in [0.4, 0.5) is 5.69 Å². The van der Waals surface area contributed by atoms with E-state index in [1.54, 1.807) is 6.07 Å². The van der Waals surface area contributed by atoms with Crippen molar-refractivity contribution in [1.29, 1.82) is 0 Å². The number of methoxy groups -OCH3 is 1. The molecule has 0 aliphatic heterocycles. The van der Waals surface area contributed by atoms with E-state index in [9.17, 15) is 4.79 Å². The van der Waals surface area contributed by atoms with Crippen LogP contribution in [0.25, 0.3) is 33.2 Å². The van der Waals surface area contributed by atoms with Crippen LogP contribution in [0.1, 0.15) is 15.9 Å². The van der Waals surface area contributed by atoms with Crippen molar-refractivity contribution in [2.75, 3.05) is 12.4 Å². The summed E-state index contributed by atoms with van der Waals surface area (Å²) in [5.74, 6) is 0.846. The zero-order valence-electron chi connectivity index (χ0n) is 19.0. The Balaban J connectivity index is 1.39. The van der Waals surface area contributed by atoms with Crippen molar-refractivity contribution in [3.63, 3.8) is 0 Å². The molecule has 4 aromatic carbocycles. The number of hydrogen-bond acceptors (Lipinski definition) is 4. The van der Waals surface area contributed by atoms with Gasteiger partial charge in [0.1, 0.15) is 11.6 Å². The minimum absolute atomic E-state index is 0.186. The molecule has 0 radical (unpaired) electrons. The number of hydrogen-bond donors (Lipinski definition) is 3. The highest BCUT2D eigenvalue weighted by Gasteiger charge is 2.19. The average Bonchev–Trinajstić information content (AvgIpc) is 3.29. The lowest BCUT2D eigenvalue weighted by Gasteiger charge is -2.15. The second-order valence-corrected chi connectivity index (χ2v) is 9.23. The molecule has 3 N–H and O–H groups in total. The smallest absolute Gasteiger partial charge is 0.261 e. The minimum Gasteiger partial charge on any atom is -0.495 e. The number of aromatic nitrogens is 2. The maximum atomic E-state index is 13.1. The van der Waals surface area contributed by atoms with Crippen LogP contribution in [0.3, 0.4) is 0 Å². The molecule has 1 aromatic heterocycles.